The molecule has 0 atom stereocenters. The van der Waals surface area contributed by atoms with Crippen molar-refractivity contribution in [3.8, 4) is 0 Å². The molecule has 30 heavy (non-hydrogen) atoms. The number of hydrogen-bond donors (Lipinski definition) is 1. The van der Waals surface area contributed by atoms with Crippen molar-refractivity contribution in [3.63, 3.8) is 0 Å². The van der Waals surface area contributed by atoms with Gasteiger partial charge in [0, 0.05) is 56.2 Å². The molecular weight excluding hydrogens is 400 g/mol. The molecule has 5 rings (SSSR count). The molecule has 1 aromatic carbocycles. The Hall–Kier alpha value is -2.57. The van der Waals surface area contributed by atoms with Crippen LogP contribution in [0.2, 0.25) is 0 Å². The maximum atomic E-state index is 11.6. The molecule has 0 radical (unpaired) electrons. The number of pyridine rings is 1. The zero-order valence-electron chi connectivity index (χ0n) is 17.1. The average Bonchev–Trinajstić information content (AvgIpc) is 3.15. The summed E-state index contributed by atoms with van der Waals surface area (Å²) in [5.74, 6) is -0.310. The second-order valence-electron chi connectivity index (χ2n) is 8.29. The van der Waals surface area contributed by atoms with Gasteiger partial charge in [-0.2, -0.15) is 0 Å². The summed E-state index contributed by atoms with van der Waals surface area (Å²) >= 11 is 0. The van der Waals surface area contributed by atoms with Crippen LogP contribution in [-0.4, -0.2) is 48.8 Å². The number of rotatable bonds is 4. The number of carbonyl (C=O) groups is 1. The number of nitrogens with one attached hydrogen (secondary N) is 1. The number of piperidine rings is 1. The van der Waals surface area contributed by atoms with Gasteiger partial charge in [-0.15, -0.1) is 12.4 Å². The fourth-order valence-electron chi connectivity index (χ4n) is 4.59. The van der Waals surface area contributed by atoms with E-state index in [1.165, 1.54) is 44.1 Å². The minimum absolute atomic E-state index is 0. The Balaban J connectivity index is 0.00000218. The maximum Gasteiger partial charge on any atom is 0.337 e. The van der Waals surface area contributed by atoms with Crippen molar-refractivity contribution >= 4 is 35.1 Å². The summed E-state index contributed by atoms with van der Waals surface area (Å²) in [6.45, 7) is 5.30. The predicted molar refractivity (Wildman–Crippen MR) is 121 cm³/mol. The highest BCUT2D eigenvalue weighted by molar-refractivity contribution is 5.90. The lowest BCUT2D eigenvalue weighted by molar-refractivity contribution is 0.0600. The SMILES string of the molecule is COC(=O)c1ccc(Cn2ccc3c(N4CCC5(CC4)CNC5)ccnc32)cc1.Cl. The molecule has 158 valence electrons. The summed E-state index contributed by atoms with van der Waals surface area (Å²) < 4.78 is 6.95. The van der Waals surface area contributed by atoms with Crippen molar-refractivity contribution in [2.75, 3.05) is 38.2 Å². The molecule has 2 aromatic heterocycles. The van der Waals surface area contributed by atoms with Crippen LogP contribution in [-0.2, 0) is 11.3 Å². The summed E-state index contributed by atoms with van der Waals surface area (Å²) in [4.78, 5) is 18.8. The van der Waals surface area contributed by atoms with Crippen LogP contribution in [0.1, 0.15) is 28.8 Å². The first-order valence-corrected chi connectivity index (χ1v) is 10.2. The molecule has 0 unspecified atom stereocenters. The third kappa shape index (κ3) is 3.66. The van der Waals surface area contributed by atoms with Crippen LogP contribution in [0, 0.1) is 5.41 Å². The van der Waals surface area contributed by atoms with E-state index in [-0.39, 0.29) is 18.4 Å². The number of methoxy groups -OCH3 is 1. The van der Waals surface area contributed by atoms with E-state index in [1.807, 2.05) is 30.5 Å². The quantitative estimate of drug-likeness (QED) is 0.647. The lowest BCUT2D eigenvalue weighted by Crippen LogP contribution is -2.58. The monoisotopic (exact) mass is 426 g/mol. The van der Waals surface area contributed by atoms with Gasteiger partial charge in [0.1, 0.15) is 5.65 Å². The minimum atomic E-state index is -0.310. The van der Waals surface area contributed by atoms with E-state index in [0.717, 1.165) is 30.8 Å². The molecule has 2 aliphatic rings. The number of anilines is 1. The predicted octanol–water partition coefficient (Wildman–Crippen LogP) is 3.48. The molecule has 2 saturated heterocycles. The molecule has 0 bridgehead atoms. The van der Waals surface area contributed by atoms with E-state index < -0.39 is 0 Å². The number of nitrogens with zero attached hydrogens (tertiary/aromatic N) is 3. The molecule has 1 N–H and O–H groups in total. The summed E-state index contributed by atoms with van der Waals surface area (Å²) in [7, 11) is 1.40. The average molecular weight is 427 g/mol. The third-order valence-corrected chi connectivity index (χ3v) is 6.53. The maximum absolute atomic E-state index is 11.6. The number of carbonyl (C=O) groups excluding carboxylic acids is 1. The van der Waals surface area contributed by atoms with Crippen molar-refractivity contribution in [1.82, 2.24) is 14.9 Å². The zero-order chi connectivity index (χ0) is 19.8. The fraction of sp³-hybridized carbons (Fsp3) is 0.391. The lowest BCUT2D eigenvalue weighted by Gasteiger charge is -2.49. The number of hydrogen-bond acceptors (Lipinski definition) is 5. The molecule has 4 heterocycles. The van der Waals surface area contributed by atoms with Crippen LogP contribution in [0.25, 0.3) is 11.0 Å². The normalized spacial score (nSPS) is 17.4. The Bertz CT molecular complexity index is 1030. The summed E-state index contributed by atoms with van der Waals surface area (Å²) in [5, 5.41) is 4.65. The number of halogens is 1. The van der Waals surface area contributed by atoms with E-state index in [1.54, 1.807) is 0 Å². The van der Waals surface area contributed by atoms with Gasteiger partial charge in [0.15, 0.2) is 0 Å². The Morgan fingerprint density at radius 1 is 1.13 bits per heavy atom. The number of aromatic nitrogens is 2. The van der Waals surface area contributed by atoms with Crippen LogP contribution in [0.15, 0.2) is 48.8 Å². The molecule has 2 aliphatic heterocycles. The number of benzene rings is 1. The van der Waals surface area contributed by atoms with Crippen LogP contribution < -0.4 is 10.2 Å². The standard InChI is InChI=1S/C23H26N4O2.ClH/c1-29-22(28)18-4-2-17(3-5-18)14-27-11-7-19-20(6-10-25-21(19)27)26-12-8-23(9-13-26)15-24-16-23;/h2-7,10-11,24H,8-9,12-16H2,1H3;1H. The van der Waals surface area contributed by atoms with Crippen LogP contribution >= 0.6 is 12.4 Å². The topological polar surface area (TPSA) is 59.4 Å². The second-order valence-corrected chi connectivity index (χ2v) is 8.29. The van der Waals surface area contributed by atoms with Gasteiger partial charge in [-0.05, 0) is 48.1 Å². The summed E-state index contributed by atoms with van der Waals surface area (Å²) in [6, 6.07) is 11.9. The van der Waals surface area contributed by atoms with E-state index >= 15 is 0 Å². The van der Waals surface area contributed by atoms with Crippen LogP contribution in [0.5, 0.6) is 0 Å². The smallest absolute Gasteiger partial charge is 0.337 e. The number of ether oxygens (including phenoxy) is 1. The van der Waals surface area contributed by atoms with Crippen LogP contribution in [0.4, 0.5) is 5.69 Å². The largest absolute Gasteiger partial charge is 0.465 e. The van der Waals surface area contributed by atoms with Crippen molar-refractivity contribution in [3.05, 3.63) is 59.9 Å². The van der Waals surface area contributed by atoms with Crippen molar-refractivity contribution in [2.45, 2.75) is 19.4 Å². The lowest BCUT2D eigenvalue weighted by atomic mass is 9.73. The molecule has 0 saturated carbocycles. The number of esters is 1. The first-order valence-electron chi connectivity index (χ1n) is 10.2. The first kappa shape index (κ1) is 20.7. The molecule has 6 nitrogen and oxygen atoms in total. The van der Waals surface area contributed by atoms with Gasteiger partial charge in [-0.25, -0.2) is 9.78 Å². The molecule has 3 aromatic rings. The first-order chi connectivity index (χ1) is 14.2. The van der Waals surface area contributed by atoms with Gasteiger partial charge in [0.05, 0.1) is 12.7 Å². The Morgan fingerprint density at radius 3 is 2.50 bits per heavy atom. The molecule has 1 spiro atoms. The van der Waals surface area contributed by atoms with E-state index in [9.17, 15) is 4.79 Å². The second kappa shape index (κ2) is 8.28. The molecule has 7 heteroatoms. The van der Waals surface area contributed by atoms with Crippen molar-refractivity contribution in [2.24, 2.45) is 5.41 Å². The van der Waals surface area contributed by atoms with E-state index in [0.29, 0.717) is 11.0 Å². The number of fused-ring (bicyclic) bond motifs is 1. The Labute approximate surface area is 182 Å². The van der Waals surface area contributed by atoms with Gasteiger partial charge in [-0.3, -0.25) is 0 Å². The van der Waals surface area contributed by atoms with E-state index in [2.05, 4.69) is 38.1 Å². The van der Waals surface area contributed by atoms with Crippen molar-refractivity contribution < 1.29 is 9.53 Å². The summed E-state index contributed by atoms with van der Waals surface area (Å²) in [5.41, 5.74) is 4.53. The minimum Gasteiger partial charge on any atom is -0.465 e. The molecular formula is C23H27ClN4O2. The van der Waals surface area contributed by atoms with Gasteiger partial charge in [0.2, 0.25) is 0 Å². The third-order valence-electron chi connectivity index (χ3n) is 6.53. The summed E-state index contributed by atoms with van der Waals surface area (Å²) in [6.07, 6.45) is 6.55. The van der Waals surface area contributed by atoms with E-state index in [4.69, 9.17) is 4.74 Å². The van der Waals surface area contributed by atoms with Crippen molar-refractivity contribution in [1.29, 1.82) is 0 Å². The zero-order valence-corrected chi connectivity index (χ0v) is 18.0. The Morgan fingerprint density at radius 2 is 1.87 bits per heavy atom. The fourth-order valence-corrected chi connectivity index (χ4v) is 4.59. The highest BCUT2D eigenvalue weighted by Crippen LogP contribution is 2.38. The highest BCUT2D eigenvalue weighted by Gasteiger charge is 2.39. The highest BCUT2D eigenvalue weighted by atomic mass is 35.5. The molecule has 0 amide bonds. The van der Waals surface area contributed by atoms with Gasteiger partial charge >= 0.3 is 5.97 Å². The Kier molecular flexibility index (Phi) is 5.71. The van der Waals surface area contributed by atoms with Crippen LogP contribution in [0.3, 0.4) is 0 Å². The van der Waals surface area contributed by atoms with Gasteiger partial charge < -0.3 is 19.5 Å². The molecule has 2 fully saturated rings. The molecule has 0 aliphatic carbocycles. The van der Waals surface area contributed by atoms with Gasteiger partial charge in [-0.1, -0.05) is 12.1 Å². The van der Waals surface area contributed by atoms with Gasteiger partial charge in [0.25, 0.3) is 0 Å².